The number of hydrogen-bond acceptors (Lipinski definition) is 4. The Morgan fingerprint density at radius 1 is 1.32 bits per heavy atom. The van der Waals surface area contributed by atoms with E-state index in [9.17, 15) is 0 Å². The molecule has 1 N–H and O–H groups in total. The van der Waals surface area contributed by atoms with Gasteiger partial charge in [0.25, 0.3) is 0 Å². The number of aliphatic hydroxyl groups excluding tert-OH is 1. The Bertz CT molecular complexity index is 347. The van der Waals surface area contributed by atoms with E-state index in [1.165, 1.54) is 17.9 Å². The highest BCUT2D eigenvalue weighted by atomic mass is 32.2. The van der Waals surface area contributed by atoms with Gasteiger partial charge in [-0.25, -0.2) is 0 Å². The zero-order valence-electron chi connectivity index (χ0n) is 11.3. The molecule has 0 saturated carbocycles. The Balaban J connectivity index is 1.65. The molecule has 4 heteroatoms. The standard InChI is InChI=1S/C15H23NO2S/c17-10-11-18-14-5-4-8-16(13-14)9-12-19-15-6-2-1-3-7-15/h1-3,6-7,14,17H,4-5,8-13H2/t14-/m1/s1. The number of likely N-dealkylation sites (tertiary alicyclic amines) is 1. The first-order chi connectivity index (χ1) is 9.38. The number of hydrogen-bond donors (Lipinski definition) is 1. The van der Waals surface area contributed by atoms with Crippen LogP contribution in [0, 0.1) is 0 Å². The molecule has 3 nitrogen and oxygen atoms in total. The lowest BCUT2D eigenvalue weighted by atomic mass is 10.1. The molecule has 0 aliphatic carbocycles. The first-order valence-electron chi connectivity index (χ1n) is 7.01. The van der Waals surface area contributed by atoms with Crippen molar-refractivity contribution in [3.63, 3.8) is 0 Å². The van der Waals surface area contributed by atoms with E-state index in [1.54, 1.807) is 0 Å². The molecule has 19 heavy (non-hydrogen) atoms. The molecule has 106 valence electrons. The highest BCUT2D eigenvalue weighted by Crippen LogP contribution is 2.18. The summed E-state index contributed by atoms with van der Waals surface area (Å²) >= 11 is 1.91. The molecule has 0 unspecified atom stereocenters. The fourth-order valence-corrected chi connectivity index (χ4v) is 3.32. The van der Waals surface area contributed by atoms with Crippen LogP contribution >= 0.6 is 11.8 Å². The highest BCUT2D eigenvalue weighted by molar-refractivity contribution is 7.99. The summed E-state index contributed by atoms with van der Waals surface area (Å²) in [6.07, 6.45) is 2.64. The number of aliphatic hydroxyl groups is 1. The van der Waals surface area contributed by atoms with E-state index in [4.69, 9.17) is 9.84 Å². The molecule has 0 spiro atoms. The normalized spacial score (nSPS) is 20.6. The van der Waals surface area contributed by atoms with E-state index in [2.05, 4.69) is 35.2 Å². The Kier molecular flexibility index (Phi) is 6.71. The predicted octanol–water partition coefficient (Wildman–Crippen LogP) is 2.25. The predicted molar refractivity (Wildman–Crippen MR) is 79.7 cm³/mol. The summed E-state index contributed by atoms with van der Waals surface area (Å²) in [4.78, 5) is 3.81. The molecular formula is C15H23NO2S. The zero-order chi connectivity index (χ0) is 13.3. The molecule has 0 bridgehead atoms. The van der Waals surface area contributed by atoms with Gasteiger partial charge in [-0.1, -0.05) is 18.2 Å². The minimum atomic E-state index is 0.125. The third-order valence-corrected chi connectivity index (χ3v) is 4.32. The van der Waals surface area contributed by atoms with Gasteiger partial charge in [-0.2, -0.15) is 0 Å². The number of nitrogens with zero attached hydrogens (tertiary/aromatic N) is 1. The van der Waals surface area contributed by atoms with Crippen molar-refractivity contribution in [1.29, 1.82) is 0 Å². The Hall–Kier alpha value is -0.550. The van der Waals surface area contributed by atoms with Gasteiger partial charge in [-0.15, -0.1) is 11.8 Å². The van der Waals surface area contributed by atoms with Crippen LogP contribution in [0.3, 0.4) is 0 Å². The van der Waals surface area contributed by atoms with Crippen molar-refractivity contribution < 1.29 is 9.84 Å². The van der Waals surface area contributed by atoms with Gasteiger partial charge < -0.3 is 9.84 Å². The average molecular weight is 281 g/mol. The third kappa shape index (κ3) is 5.53. The Morgan fingerprint density at radius 2 is 2.16 bits per heavy atom. The van der Waals surface area contributed by atoms with Gasteiger partial charge in [-0.05, 0) is 31.5 Å². The molecule has 1 atom stereocenters. The summed E-state index contributed by atoms with van der Waals surface area (Å²) in [5, 5.41) is 8.79. The summed E-state index contributed by atoms with van der Waals surface area (Å²) in [5.41, 5.74) is 0. The van der Waals surface area contributed by atoms with Crippen LogP contribution in [0.2, 0.25) is 0 Å². The summed E-state index contributed by atoms with van der Waals surface area (Å²) in [7, 11) is 0. The molecule has 0 radical (unpaired) electrons. The number of benzene rings is 1. The highest BCUT2D eigenvalue weighted by Gasteiger charge is 2.19. The van der Waals surface area contributed by atoms with E-state index in [1.807, 2.05) is 11.8 Å². The first-order valence-corrected chi connectivity index (χ1v) is 7.99. The van der Waals surface area contributed by atoms with Crippen LogP contribution in [0.1, 0.15) is 12.8 Å². The summed E-state index contributed by atoms with van der Waals surface area (Å²) < 4.78 is 5.63. The van der Waals surface area contributed by atoms with E-state index in [-0.39, 0.29) is 6.61 Å². The second kappa shape index (κ2) is 8.59. The SMILES string of the molecule is OCCO[C@@H]1CCCN(CCSc2ccccc2)C1. The minimum Gasteiger partial charge on any atom is -0.394 e. The molecule has 1 aliphatic rings. The lowest BCUT2D eigenvalue weighted by Gasteiger charge is -2.32. The van der Waals surface area contributed by atoms with E-state index >= 15 is 0 Å². The molecule has 1 heterocycles. The Morgan fingerprint density at radius 3 is 2.95 bits per heavy atom. The monoisotopic (exact) mass is 281 g/mol. The summed E-state index contributed by atoms with van der Waals surface area (Å²) in [6.45, 7) is 3.89. The third-order valence-electron chi connectivity index (χ3n) is 3.33. The van der Waals surface area contributed by atoms with Gasteiger partial charge in [0.15, 0.2) is 0 Å². The van der Waals surface area contributed by atoms with Gasteiger partial charge in [0.05, 0.1) is 19.3 Å². The largest absolute Gasteiger partial charge is 0.394 e. The van der Waals surface area contributed by atoms with Gasteiger partial charge in [-0.3, -0.25) is 4.90 Å². The van der Waals surface area contributed by atoms with Gasteiger partial charge in [0.1, 0.15) is 0 Å². The minimum absolute atomic E-state index is 0.125. The van der Waals surface area contributed by atoms with E-state index < -0.39 is 0 Å². The number of ether oxygens (including phenoxy) is 1. The van der Waals surface area contributed by atoms with Gasteiger partial charge in [0, 0.05) is 23.7 Å². The zero-order valence-corrected chi connectivity index (χ0v) is 12.1. The maximum absolute atomic E-state index is 8.79. The molecule has 1 aromatic rings. The molecule has 1 aromatic carbocycles. The van der Waals surface area contributed by atoms with Crippen molar-refractivity contribution in [3.8, 4) is 0 Å². The summed E-state index contributed by atoms with van der Waals surface area (Å²) in [5.74, 6) is 1.12. The van der Waals surface area contributed by atoms with Crippen LogP contribution in [0.5, 0.6) is 0 Å². The van der Waals surface area contributed by atoms with Crippen molar-refractivity contribution in [2.24, 2.45) is 0 Å². The quantitative estimate of drug-likeness (QED) is 0.777. The number of rotatable bonds is 7. The average Bonchev–Trinajstić information content (AvgIpc) is 2.47. The van der Waals surface area contributed by atoms with Gasteiger partial charge in [0.2, 0.25) is 0 Å². The molecular weight excluding hydrogens is 258 g/mol. The molecule has 2 rings (SSSR count). The molecule has 1 aliphatic heterocycles. The van der Waals surface area contributed by atoms with Crippen molar-refractivity contribution in [2.75, 3.05) is 38.6 Å². The maximum atomic E-state index is 8.79. The lowest BCUT2D eigenvalue weighted by Crippen LogP contribution is -2.41. The fourth-order valence-electron chi connectivity index (χ4n) is 2.38. The molecule has 1 fully saturated rings. The van der Waals surface area contributed by atoms with Crippen LogP contribution in [0.4, 0.5) is 0 Å². The Labute approximate surface area is 120 Å². The van der Waals surface area contributed by atoms with Crippen LogP contribution in [0.25, 0.3) is 0 Å². The second-order valence-corrected chi connectivity index (χ2v) is 5.99. The number of thioether (sulfide) groups is 1. The van der Waals surface area contributed by atoms with Crippen LogP contribution < -0.4 is 0 Å². The smallest absolute Gasteiger partial charge is 0.0703 e. The van der Waals surface area contributed by atoms with Crippen molar-refractivity contribution >= 4 is 11.8 Å². The van der Waals surface area contributed by atoms with E-state index in [0.29, 0.717) is 12.7 Å². The van der Waals surface area contributed by atoms with Crippen molar-refractivity contribution in [1.82, 2.24) is 4.90 Å². The fraction of sp³-hybridized carbons (Fsp3) is 0.600. The lowest BCUT2D eigenvalue weighted by molar-refractivity contribution is -0.0130. The molecule has 1 saturated heterocycles. The van der Waals surface area contributed by atoms with Crippen LogP contribution in [-0.4, -0.2) is 54.7 Å². The summed E-state index contributed by atoms with van der Waals surface area (Å²) in [6, 6.07) is 10.5. The van der Waals surface area contributed by atoms with Crippen LogP contribution in [-0.2, 0) is 4.74 Å². The second-order valence-electron chi connectivity index (χ2n) is 4.82. The van der Waals surface area contributed by atoms with Crippen LogP contribution in [0.15, 0.2) is 35.2 Å². The molecule has 0 aromatic heterocycles. The molecule has 0 amide bonds. The topological polar surface area (TPSA) is 32.7 Å². The van der Waals surface area contributed by atoms with Gasteiger partial charge >= 0.3 is 0 Å². The maximum Gasteiger partial charge on any atom is 0.0703 e. The number of piperidine rings is 1. The van der Waals surface area contributed by atoms with E-state index in [0.717, 1.165) is 25.3 Å². The first kappa shape index (κ1) is 14.9. The van der Waals surface area contributed by atoms with Crippen molar-refractivity contribution in [2.45, 2.75) is 23.8 Å². The van der Waals surface area contributed by atoms with Crippen molar-refractivity contribution in [3.05, 3.63) is 30.3 Å².